The van der Waals surface area contributed by atoms with Gasteiger partial charge in [-0.3, -0.25) is 14.9 Å². The maximum absolute atomic E-state index is 13.3. The molecule has 0 fully saturated rings. The first-order valence-corrected chi connectivity index (χ1v) is 5.66. The summed E-state index contributed by atoms with van der Waals surface area (Å²) in [6.45, 7) is 5.11. The van der Waals surface area contributed by atoms with Crippen LogP contribution in [0.2, 0.25) is 5.02 Å². The molecule has 0 amide bonds. The van der Waals surface area contributed by atoms with E-state index in [0.717, 1.165) is 12.1 Å². The van der Waals surface area contributed by atoms with Crippen LogP contribution in [-0.2, 0) is 11.2 Å². The summed E-state index contributed by atoms with van der Waals surface area (Å²) in [5.41, 5.74) is -0.926. The Labute approximate surface area is 109 Å². The first-order valence-electron chi connectivity index (χ1n) is 5.28. The largest absolute Gasteiger partial charge is 0.299 e. The fourth-order valence-corrected chi connectivity index (χ4v) is 1.49. The minimum Gasteiger partial charge on any atom is -0.299 e. The molecule has 0 aliphatic heterocycles. The van der Waals surface area contributed by atoms with Crippen LogP contribution in [0, 0.1) is 21.3 Å². The minimum absolute atomic E-state index is 0.0434. The molecular weight excluding hydrogens is 261 g/mol. The normalized spacial score (nSPS) is 11.4. The molecule has 1 rings (SSSR count). The molecule has 0 aliphatic rings. The standard InChI is InChI=1S/C12H13ClFNO3/c1-12(2,3)11(16)5-7-4-9(14)8(13)6-10(7)15(17)18/h4,6H,5H2,1-3H3. The summed E-state index contributed by atoms with van der Waals surface area (Å²) in [5.74, 6) is -0.966. The van der Waals surface area contributed by atoms with Crippen molar-refractivity contribution in [3.63, 3.8) is 0 Å². The molecule has 0 bridgehead atoms. The number of hydrogen-bond acceptors (Lipinski definition) is 3. The van der Waals surface area contributed by atoms with Crippen LogP contribution < -0.4 is 0 Å². The second-order valence-electron chi connectivity index (χ2n) is 5.00. The zero-order chi connectivity index (χ0) is 14.1. The van der Waals surface area contributed by atoms with Gasteiger partial charge >= 0.3 is 0 Å². The van der Waals surface area contributed by atoms with Gasteiger partial charge in [0.15, 0.2) is 0 Å². The summed E-state index contributed by atoms with van der Waals surface area (Å²) in [7, 11) is 0. The summed E-state index contributed by atoms with van der Waals surface area (Å²) in [6.07, 6.45) is -0.187. The third-order valence-corrected chi connectivity index (χ3v) is 2.80. The lowest BCUT2D eigenvalue weighted by Crippen LogP contribution is -2.22. The summed E-state index contributed by atoms with van der Waals surface area (Å²) in [5, 5.41) is 10.5. The van der Waals surface area contributed by atoms with Gasteiger partial charge in [0.05, 0.1) is 9.95 Å². The van der Waals surface area contributed by atoms with E-state index in [1.54, 1.807) is 20.8 Å². The van der Waals surface area contributed by atoms with E-state index in [2.05, 4.69) is 0 Å². The minimum atomic E-state index is -0.765. The average Bonchev–Trinajstić information content (AvgIpc) is 2.21. The number of benzene rings is 1. The number of halogens is 2. The van der Waals surface area contributed by atoms with Crippen molar-refractivity contribution in [2.24, 2.45) is 5.41 Å². The highest BCUT2D eigenvalue weighted by molar-refractivity contribution is 6.31. The summed E-state index contributed by atoms with van der Waals surface area (Å²) in [6, 6.07) is 1.88. The Bertz CT molecular complexity index is 509. The molecule has 0 aromatic heterocycles. The van der Waals surface area contributed by atoms with E-state index in [1.807, 2.05) is 0 Å². The molecule has 0 heterocycles. The molecular formula is C12H13ClFNO3. The van der Waals surface area contributed by atoms with Crippen LogP contribution >= 0.6 is 11.6 Å². The number of nitro groups is 1. The molecule has 0 atom stereocenters. The van der Waals surface area contributed by atoms with Gasteiger partial charge in [0, 0.05) is 23.5 Å². The second-order valence-corrected chi connectivity index (χ2v) is 5.41. The van der Waals surface area contributed by atoms with Crippen molar-refractivity contribution in [3.05, 3.63) is 38.7 Å². The zero-order valence-corrected chi connectivity index (χ0v) is 11.0. The van der Waals surface area contributed by atoms with Crippen LogP contribution in [0.3, 0.4) is 0 Å². The van der Waals surface area contributed by atoms with Crippen molar-refractivity contribution in [1.82, 2.24) is 0 Å². The molecule has 1 aromatic rings. The van der Waals surface area contributed by atoms with Gasteiger partial charge in [-0.15, -0.1) is 0 Å². The predicted octanol–water partition coefficient (Wildman–Crippen LogP) is 3.55. The van der Waals surface area contributed by atoms with Gasteiger partial charge in [0.1, 0.15) is 11.6 Å². The molecule has 4 nitrogen and oxygen atoms in total. The Hall–Kier alpha value is -1.49. The van der Waals surface area contributed by atoms with Crippen LogP contribution in [0.1, 0.15) is 26.3 Å². The Morgan fingerprint density at radius 1 is 1.44 bits per heavy atom. The number of ketones is 1. The fraction of sp³-hybridized carbons (Fsp3) is 0.417. The third-order valence-electron chi connectivity index (χ3n) is 2.51. The molecule has 0 saturated heterocycles. The Balaban J connectivity index is 3.20. The first kappa shape index (κ1) is 14.6. The number of nitrogens with zero attached hydrogens (tertiary/aromatic N) is 1. The number of carbonyl (C=O) groups excluding carboxylic acids is 1. The van der Waals surface area contributed by atoms with Gasteiger partial charge in [-0.2, -0.15) is 0 Å². The van der Waals surface area contributed by atoms with Gasteiger partial charge in [0.2, 0.25) is 0 Å². The summed E-state index contributed by atoms with van der Waals surface area (Å²) in [4.78, 5) is 22.0. The fourth-order valence-electron chi connectivity index (χ4n) is 1.33. The van der Waals surface area contributed by atoms with Crippen LogP contribution in [0.25, 0.3) is 0 Å². The molecule has 0 aliphatic carbocycles. The molecule has 0 spiro atoms. The molecule has 98 valence electrons. The van der Waals surface area contributed by atoms with E-state index in [-0.39, 0.29) is 28.5 Å². The lowest BCUT2D eigenvalue weighted by molar-refractivity contribution is -0.385. The topological polar surface area (TPSA) is 60.2 Å². The molecule has 0 saturated carbocycles. The van der Waals surface area contributed by atoms with Crippen LogP contribution in [-0.4, -0.2) is 10.7 Å². The van der Waals surface area contributed by atoms with Crippen LogP contribution in [0.15, 0.2) is 12.1 Å². The smallest absolute Gasteiger partial charge is 0.274 e. The quantitative estimate of drug-likeness (QED) is 0.625. The highest BCUT2D eigenvalue weighted by Gasteiger charge is 2.26. The maximum Gasteiger partial charge on any atom is 0.274 e. The number of Topliss-reactive ketones (excluding diaryl/α,β-unsaturated/α-hetero) is 1. The van der Waals surface area contributed by atoms with Gasteiger partial charge in [-0.1, -0.05) is 32.4 Å². The van der Waals surface area contributed by atoms with Crippen molar-refractivity contribution in [2.75, 3.05) is 0 Å². The second kappa shape index (κ2) is 5.02. The number of carbonyl (C=O) groups is 1. The third kappa shape index (κ3) is 3.26. The lowest BCUT2D eigenvalue weighted by atomic mass is 9.87. The lowest BCUT2D eigenvalue weighted by Gasteiger charge is -2.16. The van der Waals surface area contributed by atoms with Crippen molar-refractivity contribution in [3.8, 4) is 0 Å². The number of nitro benzene ring substituents is 1. The van der Waals surface area contributed by atoms with Gasteiger partial charge in [-0.25, -0.2) is 4.39 Å². The molecule has 0 unspecified atom stereocenters. The highest BCUT2D eigenvalue weighted by Crippen LogP contribution is 2.28. The van der Waals surface area contributed by atoms with Crippen LogP contribution in [0.4, 0.5) is 10.1 Å². The van der Waals surface area contributed by atoms with E-state index in [0.29, 0.717) is 0 Å². The van der Waals surface area contributed by atoms with E-state index in [4.69, 9.17) is 11.6 Å². The maximum atomic E-state index is 13.3. The summed E-state index contributed by atoms with van der Waals surface area (Å²) >= 11 is 5.49. The van der Waals surface area contributed by atoms with Crippen molar-refractivity contribution in [1.29, 1.82) is 0 Å². The van der Waals surface area contributed by atoms with Gasteiger partial charge in [-0.05, 0) is 6.07 Å². The average molecular weight is 274 g/mol. The van der Waals surface area contributed by atoms with E-state index < -0.39 is 16.2 Å². The van der Waals surface area contributed by atoms with Crippen molar-refractivity contribution in [2.45, 2.75) is 27.2 Å². The van der Waals surface area contributed by atoms with E-state index >= 15 is 0 Å². The van der Waals surface area contributed by atoms with Gasteiger partial charge in [0.25, 0.3) is 5.69 Å². The number of rotatable bonds is 3. The number of hydrogen-bond donors (Lipinski definition) is 0. The molecule has 0 N–H and O–H groups in total. The first-order chi connectivity index (χ1) is 8.12. The molecule has 1 aromatic carbocycles. The zero-order valence-electron chi connectivity index (χ0n) is 10.3. The SMILES string of the molecule is CC(C)(C)C(=O)Cc1cc(F)c(Cl)cc1[N+](=O)[O-]. The Kier molecular flexibility index (Phi) is 4.06. The van der Waals surface area contributed by atoms with Crippen molar-refractivity contribution >= 4 is 23.1 Å². The summed E-state index contributed by atoms with van der Waals surface area (Å²) < 4.78 is 13.3. The molecule has 0 radical (unpaired) electrons. The Morgan fingerprint density at radius 3 is 2.44 bits per heavy atom. The van der Waals surface area contributed by atoms with E-state index in [9.17, 15) is 19.3 Å². The van der Waals surface area contributed by atoms with Crippen molar-refractivity contribution < 1.29 is 14.1 Å². The predicted molar refractivity (Wildman–Crippen MR) is 66.2 cm³/mol. The molecule has 6 heteroatoms. The Morgan fingerprint density at radius 2 is 2.00 bits per heavy atom. The monoisotopic (exact) mass is 273 g/mol. The molecule has 18 heavy (non-hydrogen) atoms. The highest BCUT2D eigenvalue weighted by atomic mass is 35.5. The van der Waals surface area contributed by atoms with Gasteiger partial charge < -0.3 is 0 Å². The van der Waals surface area contributed by atoms with E-state index in [1.165, 1.54) is 0 Å². The van der Waals surface area contributed by atoms with Crippen LogP contribution in [0.5, 0.6) is 0 Å².